The van der Waals surface area contributed by atoms with Crippen molar-refractivity contribution in [1.82, 2.24) is 4.31 Å². The summed E-state index contributed by atoms with van der Waals surface area (Å²) in [6.07, 6.45) is 4.04. The van der Waals surface area contributed by atoms with Gasteiger partial charge in [-0.15, -0.1) is 0 Å². The molecule has 1 heterocycles. The first-order valence-corrected chi connectivity index (χ1v) is 8.96. The highest BCUT2D eigenvalue weighted by molar-refractivity contribution is 7.89. The third-order valence-corrected chi connectivity index (χ3v) is 5.94. The van der Waals surface area contributed by atoms with Crippen molar-refractivity contribution in [3.63, 3.8) is 0 Å². The van der Waals surface area contributed by atoms with Crippen LogP contribution in [0.2, 0.25) is 0 Å². The Hall–Kier alpha value is -0.870. The smallest absolute Gasteiger partial charge is 0.207 e. The van der Waals surface area contributed by atoms with Gasteiger partial charge in [-0.05, 0) is 49.8 Å². The number of benzene rings is 1. The summed E-state index contributed by atoms with van der Waals surface area (Å²) in [7, 11) is -3.32. The van der Waals surface area contributed by atoms with E-state index in [-0.39, 0.29) is 6.04 Å². The molecule has 0 saturated carbocycles. The van der Waals surface area contributed by atoms with Gasteiger partial charge in [0.05, 0.1) is 4.90 Å². The van der Waals surface area contributed by atoms with Gasteiger partial charge in [0.1, 0.15) is 0 Å². The fraction of sp³-hybridized carbons (Fsp3) is 0.625. The van der Waals surface area contributed by atoms with Crippen LogP contribution in [0, 0.1) is 5.92 Å². The van der Waals surface area contributed by atoms with Crippen molar-refractivity contribution < 1.29 is 8.42 Å². The van der Waals surface area contributed by atoms with Gasteiger partial charge in [0, 0.05) is 12.6 Å². The Balaban J connectivity index is 2.21. The molecule has 2 rings (SSSR count). The zero-order chi connectivity index (χ0) is 14.8. The molecule has 1 atom stereocenters. The molecule has 1 aliphatic rings. The fourth-order valence-corrected chi connectivity index (χ4v) is 4.53. The Morgan fingerprint density at radius 3 is 2.40 bits per heavy atom. The average molecular weight is 295 g/mol. The van der Waals surface area contributed by atoms with E-state index in [1.54, 1.807) is 16.4 Å². The van der Waals surface area contributed by atoms with Gasteiger partial charge < -0.3 is 0 Å². The monoisotopic (exact) mass is 295 g/mol. The van der Waals surface area contributed by atoms with Gasteiger partial charge >= 0.3 is 0 Å². The lowest BCUT2D eigenvalue weighted by Gasteiger charge is -2.32. The van der Waals surface area contributed by atoms with Crippen molar-refractivity contribution in [2.75, 3.05) is 6.54 Å². The van der Waals surface area contributed by atoms with Gasteiger partial charge in [-0.2, -0.15) is 4.31 Å². The molecular formula is C16H25NO2S. The van der Waals surface area contributed by atoms with Crippen molar-refractivity contribution in [2.45, 2.75) is 57.4 Å². The predicted molar refractivity (Wildman–Crippen MR) is 82.2 cm³/mol. The Kier molecular flexibility index (Phi) is 4.86. The highest BCUT2D eigenvalue weighted by Gasteiger charge is 2.30. The number of piperidine rings is 1. The Morgan fingerprint density at radius 2 is 1.85 bits per heavy atom. The SMILES string of the molecule is CC(C)Cc1ccc(S(=O)(=O)N2CCCCC2C)cc1. The lowest BCUT2D eigenvalue weighted by atomic mass is 10.0. The van der Waals surface area contributed by atoms with Gasteiger partial charge in [0.25, 0.3) is 0 Å². The summed E-state index contributed by atoms with van der Waals surface area (Å²) < 4.78 is 27.0. The number of hydrogen-bond acceptors (Lipinski definition) is 2. The van der Waals surface area contributed by atoms with Crippen LogP contribution in [0.3, 0.4) is 0 Å². The summed E-state index contributed by atoms with van der Waals surface area (Å²) in [6, 6.07) is 7.52. The average Bonchev–Trinajstić information content (AvgIpc) is 2.39. The maximum absolute atomic E-state index is 12.7. The molecule has 1 unspecified atom stereocenters. The number of nitrogens with zero attached hydrogens (tertiary/aromatic N) is 1. The zero-order valence-corrected chi connectivity index (χ0v) is 13.5. The highest BCUT2D eigenvalue weighted by atomic mass is 32.2. The molecule has 0 aromatic heterocycles. The largest absolute Gasteiger partial charge is 0.243 e. The zero-order valence-electron chi connectivity index (χ0n) is 12.7. The standard InChI is InChI=1S/C16H25NO2S/c1-13(2)12-15-7-9-16(10-8-15)20(18,19)17-11-5-4-6-14(17)3/h7-10,13-14H,4-6,11-12H2,1-3H3. The fourth-order valence-electron chi connectivity index (χ4n) is 2.83. The summed E-state index contributed by atoms with van der Waals surface area (Å²) >= 11 is 0. The molecule has 1 saturated heterocycles. The van der Waals surface area contributed by atoms with Crippen molar-refractivity contribution in [1.29, 1.82) is 0 Å². The first-order valence-electron chi connectivity index (χ1n) is 7.52. The third kappa shape index (κ3) is 3.41. The summed E-state index contributed by atoms with van der Waals surface area (Å²) in [5.74, 6) is 0.583. The van der Waals surface area contributed by atoms with E-state index >= 15 is 0 Å². The van der Waals surface area contributed by atoms with Gasteiger partial charge in [0.2, 0.25) is 10.0 Å². The van der Waals surface area contributed by atoms with Crippen molar-refractivity contribution in [3.05, 3.63) is 29.8 Å². The molecule has 4 heteroatoms. The molecule has 0 spiro atoms. The van der Waals surface area contributed by atoms with E-state index in [1.165, 1.54) is 5.56 Å². The van der Waals surface area contributed by atoms with Crippen molar-refractivity contribution >= 4 is 10.0 Å². The van der Waals surface area contributed by atoms with E-state index < -0.39 is 10.0 Å². The predicted octanol–water partition coefficient (Wildman–Crippen LogP) is 3.45. The van der Waals surface area contributed by atoms with E-state index in [1.807, 2.05) is 19.1 Å². The topological polar surface area (TPSA) is 37.4 Å². The van der Waals surface area contributed by atoms with Crippen LogP contribution in [0.1, 0.15) is 45.6 Å². The second-order valence-corrected chi connectivity index (χ2v) is 8.09. The normalized spacial score (nSPS) is 21.3. The second-order valence-electron chi connectivity index (χ2n) is 6.20. The first kappa shape index (κ1) is 15.5. The lowest BCUT2D eigenvalue weighted by molar-refractivity contribution is 0.268. The summed E-state index contributed by atoms with van der Waals surface area (Å²) in [5.41, 5.74) is 1.20. The van der Waals surface area contributed by atoms with Gasteiger partial charge in [-0.1, -0.05) is 32.4 Å². The lowest BCUT2D eigenvalue weighted by Crippen LogP contribution is -2.41. The Bertz CT molecular complexity index is 534. The van der Waals surface area contributed by atoms with E-state index in [0.29, 0.717) is 17.4 Å². The van der Waals surface area contributed by atoms with Crippen molar-refractivity contribution in [3.8, 4) is 0 Å². The molecule has 1 aromatic rings. The minimum Gasteiger partial charge on any atom is -0.207 e. The molecule has 0 aliphatic carbocycles. The number of hydrogen-bond donors (Lipinski definition) is 0. The quantitative estimate of drug-likeness (QED) is 0.853. The highest BCUT2D eigenvalue weighted by Crippen LogP contribution is 2.25. The summed E-state index contributed by atoms with van der Waals surface area (Å²) in [5, 5.41) is 0. The Morgan fingerprint density at radius 1 is 1.20 bits per heavy atom. The molecule has 20 heavy (non-hydrogen) atoms. The van der Waals surface area contributed by atoms with E-state index in [0.717, 1.165) is 25.7 Å². The van der Waals surface area contributed by atoms with Crippen LogP contribution in [0.25, 0.3) is 0 Å². The Labute approximate surface area is 123 Å². The maximum atomic E-state index is 12.7. The minimum atomic E-state index is -3.32. The molecule has 0 radical (unpaired) electrons. The molecule has 0 bridgehead atoms. The van der Waals surface area contributed by atoms with Crippen LogP contribution >= 0.6 is 0 Å². The van der Waals surface area contributed by atoms with E-state index in [9.17, 15) is 8.42 Å². The molecule has 1 fully saturated rings. The molecular weight excluding hydrogens is 270 g/mol. The van der Waals surface area contributed by atoms with Crippen LogP contribution < -0.4 is 0 Å². The maximum Gasteiger partial charge on any atom is 0.243 e. The number of rotatable bonds is 4. The minimum absolute atomic E-state index is 0.115. The van der Waals surface area contributed by atoms with Crippen LogP contribution in [0.15, 0.2) is 29.2 Å². The second kappa shape index (κ2) is 6.27. The third-order valence-electron chi connectivity index (χ3n) is 3.92. The van der Waals surface area contributed by atoms with Crippen LogP contribution in [0.4, 0.5) is 0 Å². The van der Waals surface area contributed by atoms with Gasteiger partial charge in [-0.25, -0.2) is 8.42 Å². The molecule has 1 aromatic carbocycles. The van der Waals surface area contributed by atoms with Crippen LogP contribution in [0.5, 0.6) is 0 Å². The van der Waals surface area contributed by atoms with Crippen molar-refractivity contribution in [2.24, 2.45) is 5.92 Å². The van der Waals surface area contributed by atoms with Crippen LogP contribution in [-0.4, -0.2) is 25.3 Å². The molecule has 0 N–H and O–H groups in total. The molecule has 112 valence electrons. The first-order chi connectivity index (χ1) is 9.41. The van der Waals surface area contributed by atoms with Gasteiger partial charge in [0.15, 0.2) is 0 Å². The summed E-state index contributed by atoms with van der Waals surface area (Å²) in [4.78, 5) is 0.429. The van der Waals surface area contributed by atoms with E-state index in [4.69, 9.17) is 0 Å². The van der Waals surface area contributed by atoms with Crippen LogP contribution in [-0.2, 0) is 16.4 Å². The molecule has 1 aliphatic heterocycles. The number of sulfonamides is 1. The molecule has 0 amide bonds. The van der Waals surface area contributed by atoms with E-state index in [2.05, 4.69) is 13.8 Å². The molecule has 3 nitrogen and oxygen atoms in total. The summed E-state index contributed by atoms with van der Waals surface area (Å²) in [6.45, 7) is 6.99. The van der Waals surface area contributed by atoms with Gasteiger partial charge in [-0.3, -0.25) is 0 Å².